The highest BCUT2D eigenvalue weighted by Gasteiger charge is 2.36. The summed E-state index contributed by atoms with van der Waals surface area (Å²) in [4.78, 5) is 9.19. The van der Waals surface area contributed by atoms with E-state index < -0.39 is 0 Å². The number of likely N-dealkylation sites (tertiary alicyclic amines) is 1. The molecule has 2 aliphatic heterocycles. The number of nitrogens with zero attached hydrogens (tertiary/aromatic N) is 3. The summed E-state index contributed by atoms with van der Waals surface area (Å²) in [5.41, 5.74) is 2.09. The Kier molecular flexibility index (Phi) is 6.48. The van der Waals surface area contributed by atoms with Gasteiger partial charge in [-0.2, -0.15) is 0 Å². The summed E-state index contributed by atoms with van der Waals surface area (Å²) >= 11 is 1.43. The molecule has 2 aromatic rings. The van der Waals surface area contributed by atoms with Gasteiger partial charge < -0.3 is 24.4 Å². The molecule has 0 amide bonds. The van der Waals surface area contributed by atoms with E-state index >= 15 is 0 Å². The second-order valence-corrected chi connectivity index (χ2v) is 8.84. The quantitative estimate of drug-likeness (QED) is 0.667. The number of piperidine rings is 1. The molecule has 0 aliphatic carbocycles. The third kappa shape index (κ3) is 4.27. The lowest BCUT2D eigenvalue weighted by Gasteiger charge is -2.31. The van der Waals surface area contributed by atoms with Crippen LogP contribution in [0.4, 0.5) is 0 Å². The average molecular weight is 443 g/mol. The number of rotatable bonds is 7. The average Bonchev–Trinajstić information content (AvgIpc) is 3.36. The monoisotopic (exact) mass is 442 g/mol. The van der Waals surface area contributed by atoms with E-state index in [-0.39, 0.29) is 11.8 Å². The lowest BCUT2D eigenvalue weighted by molar-refractivity contribution is 0.197. The number of aromatic nitrogens is 1. The molecule has 1 aromatic carbocycles. The molecule has 1 fully saturated rings. The molecule has 0 bridgehead atoms. The predicted molar refractivity (Wildman–Crippen MR) is 124 cm³/mol. The van der Waals surface area contributed by atoms with Gasteiger partial charge in [0.1, 0.15) is 28.1 Å². The molecule has 1 saturated heterocycles. The van der Waals surface area contributed by atoms with Gasteiger partial charge in [-0.3, -0.25) is 5.41 Å². The number of thiazole rings is 1. The zero-order valence-corrected chi connectivity index (χ0v) is 19.2. The van der Waals surface area contributed by atoms with E-state index in [1.54, 1.807) is 14.2 Å². The molecule has 8 heteroatoms. The molecule has 4 rings (SSSR count). The van der Waals surface area contributed by atoms with Crippen LogP contribution in [0.1, 0.15) is 31.2 Å². The Bertz CT molecular complexity index is 981. The van der Waals surface area contributed by atoms with Crippen LogP contribution in [0.2, 0.25) is 0 Å². The third-order valence-corrected chi connectivity index (χ3v) is 7.01. The highest BCUT2D eigenvalue weighted by molar-refractivity contribution is 7.11. The first kappa shape index (κ1) is 21.6. The molecule has 1 aromatic heterocycles. The van der Waals surface area contributed by atoms with Crippen molar-refractivity contribution in [2.24, 2.45) is 0 Å². The molecular formula is C23H30N4O3S. The van der Waals surface area contributed by atoms with E-state index in [0.29, 0.717) is 22.2 Å². The van der Waals surface area contributed by atoms with Crippen molar-refractivity contribution < 1.29 is 14.6 Å². The molecule has 2 aliphatic rings. The first-order valence-corrected chi connectivity index (χ1v) is 11.6. The second kappa shape index (κ2) is 9.28. The summed E-state index contributed by atoms with van der Waals surface area (Å²) in [6.45, 7) is 5.85. The van der Waals surface area contributed by atoms with Crippen LogP contribution >= 0.6 is 11.3 Å². The van der Waals surface area contributed by atoms with Gasteiger partial charge in [-0.25, -0.2) is 4.98 Å². The fourth-order valence-corrected chi connectivity index (χ4v) is 5.16. The number of hydrogen-bond acceptors (Lipinski definition) is 7. The van der Waals surface area contributed by atoms with Gasteiger partial charge in [-0.1, -0.05) is 6.42 Å². The fraction of sp³-hybridized carbons (Fsp3) is 0.478. The predicted octanol–water partition coefficient (Wildman–Crippen LogP) is 4.26. The molecule has 0 radical (unpaired) electrons. The highest BCUT2D eigenvalue weighted by atomic mass is 32.1. The van der Waals surface area contributed by atoms with Crippen LogP contribution in [0.5, 0.6) is 11.5 Å². The van der Waals surface area contributed by atoms with Crippen molar-refractivity contribution in [2.45, 2.75) is 32.2 Å². The Hall–Kier alpha value is -2.58. The van der Waals surface area contributed by atoms with Gasteiger partial charge in [-0.15, -0.1) is 11.3 Å². The van der Waals surface area contributed by atoms with Crippen LogP contribution in [0, 0.1) is 5.41 Å². The van der Waals surface area contributed by atoms with E-state index in [1.807, 2.05) is 35.4 Å². The Morgan fingerprint density at radius 1 is 1.16 bits per heavy atom. The topological polar surface area (TPSA) is 81.9 Å². The summed E-state index contributed by atoms with van der Waals surface area (Å²) < 4.78 is 10.8. The van der Waals surface area contributed by atoms with Crippen LogP contribution in [0.3, 0.4) is 0 Å². The number of benzene rings is 1. The molecule has 31 heavy (non-hydrogen) atoms. The van der Waals surface area contributed by atoms with Crippen LogP contribution in [0.25, 0.3) is 16.8 Å². The normalized spacial score (nSPS) is 19.9. The molecular weight excluding hydrogens is 412 g/mol. The van der Waals surface area contributed by atoms with E-state index in [4.69, 9.17) is 19.9 Å². The Balaban J connectivity index is 1.55. The van der Waals surface area contributed by atoms with E-state index in [9.17, 15) is 5.11 Å². The number of nitrogens with one attached hydrogen (secondary N) is 1. The van der Waals surface area contributed by atoms with Crippen LogP contribution in [-0.4, -0.2) is 72.2 Å². The van der Waals surface area contributed by atoms with E-state index in [1.165, 1.54) is 30.6 Å². The summed E-state index contributed by atoms with van der Waals surface area (Å²) in [5, 5.41) is 22.2. The fourth-order valence-electron chi connectivity index (χ4n) is 4.29. The second-order valence-electron chi connectivity index (χ2n) is 7.98. The Labute approximate surface area is 187 Å². The maximum atomic E-state index is 10.9. The Morgan fingerprint density at radius 2 is 1.94 bits per heavy atom. The largest absolute Gasteiger partial charge is 0.509 e. The minimum Gasteiger partial charge on any atom is -0.509 e. The number of aliphatic hydroxyl groups is 1. The van der Waals surface area contributed by atoms with E-state index in [2.05, 4.69) is 4.90 Å². The molecule has 2 N–H and O–H groups in total. The van der Waals surface area contributed by atoms with Gasteiger partial charge in [0, 0.05) is 24.0 Å². The number of hydrogen-bond donors (Lipinski definition) is 2. The van der Waals surface area contributed by atoms with Gasteiger partial charge in [-0.05, 0) is 51.1 Å². The molecule has 0 spiro atoms. The minimum absolute atomic E-state index is 0.217. The van der Waals surface area contributed by atoms with Gasteiger partial charge in [0.05, 0.1) is 31.5 Å². The standard InChI is InChI=1S/C23H30N4O3S/c1-15-21(28)20(22(24)27(15)12-11-26-9-5-4-6-10-26)23-25-18(14-31-23)17-13-16(29-2)7-8-19(17)30-3/h7-8,13-15,24,28H,4-6,9-12H2,1-3H3. The first-order valence-electron chi connectivity index (χ1n) is 10.7. The summed E-state index contributed by atoms with van der Waals surface area (Å²) in [6, 6.07) is 5.37. The van der Waals surface area contributed by atoms with Crippen molar-refractivity contribution in [2.75, 3.05) is 40.4 Å². The molecule has 3 heterocycles. The number of ether oxygens (including phenoxy) is 2. The van der Waals surface area contributed by atoms with E-state index in [0.717, 1.165) is 43.2 Å². The zero-order chi connectivity index (χ0) is 22.0. The van der Waals surface area contributed by atoms with Crippen LogP contribution < -0.4 is 9.47 Å². The lowest BCUT2D eigenvalue weighted by Crippen LogP contribution is -2.41. The number of aliphatic hydroxyl groups excluding tert-OH is 1. The maximum absolute atomic E-state index is 10.9. The van der Waals surface area contributed by atoms with Crippen molar-refractivity contribution in [1.82, 2.24) is 14.8 Å². The maximum Gasteiger partial charge on any atom is 0.135 e. The first-order chi connectivity index (χ1) is 15.0. The van der Waals surface area contributed by atoms with Gasteiger partial charge in [0.25, 0.3) is 0 Å². The number of amidine groups is 1. The summed E-state index contributed by atoms with van der Waals surface area (Å²) in [5.74, 6) is 2.00. The van der Waals surface area contributed by atoms with Crippen molar-refractivity contribution in [3.8, 4) is 22.8 Å². The highest BCUT2D eigenvalue weighted by Crippen LogP contribution is 2.38. The van der Waals surface area contributed by atoms with Crippen molar-refractivity contribution >= 4 is 22.7 Å². The molecule has 166 valence electrons. The van der Waals surface area contributed by atoms with Gasteiger partial charge in [0.2, 0.25) is 0 Å². The van der Waals surface area contributed by atoms with Crippen LogP contribution in [0.15, 0.2) is 29.3 Å². The van der Waals surface area contributed by atoms with Gasteiger partial charge >= 0.3 is 0 Å². The molecule has 1 atom stereocenters. The number of methoxy groups -OCH3 is 2. The molecule has 1 unspecified atom stereocenters. The van der Waals surface area contributed by atoms with Crippen LogP contribution in [-0.2, 0) is 0 Å². The van der Waals surface area contributed by atoms with Crippen molar-refractivity contribution in [1.29, 1.82) is 5.41 Å². The summed E-state index contributed by atoms with van der Waals surface area (Å²) in [7, 11) is 3.25. The Morgan fingerprint density at radius 3 is 2.65 bits per heavy atom. The molecule has 7 nitrogen and oxygen atoms in total. The minimum atomic E-state index is -0.217. The lowest BCUT2D eigenvalue weighted by atomic mass is 10.1. The summed E-state index contributed by atoms with van der Waals surface area (Å²) in [6.07, 6.45) is 3.80. The van der Waals surface area contributed by atoms with Gasteiger partial charge in [0.15, 0.2) is 0 Å². The zero-order valence-electron chi connectivity index (χ0n) is 18.4. The smallest absolute Gasteiger partial charge is 0.135 e. The SMILES string of the molecule is COc1ccc(OC)c(-c2csc(C3=C(O)C(C)N(CCN4CCCCC4)C3=N)n2)c1. The van der Waals surface area contributed by atoms with Crippen molar-refractivity contribution in [3.63, 3.8) is 0 Å². The third-order valence-electron chi connectivity index (χ3n) is 6.15. The molecule has 0 saturated carbocycles. The van der Waals surface area contributed by atoms with Crippen molar-refractivity contribution in [3.05, 3.63) is 34.3 Å².